The molecule has 0 aliphatic carbocycles. The Hall–Kier alpha value is -2.35. The van der Waals surface area contributed by atoms with Crippen LogP contribution in [0.25, 0.3) is 21.1 Å². The van der Waals surface area contributed by atoms with Gasteiger partial charge < -0.3 is 0 Å². The normalized spacial score (nSPS) is 11.2. The first-order chi connectivity index (χ1) is 11.0. The molecule has 0 atom stereocenters. The lowest BCUT2D eigenvalue weighted by atomic mass is 10.2. The van der Waals surface area contributed by atoms with Gasteiger partial charge in [-0.2, -0.15) is 8.42 Å². The molecule has 0 spiro atoms. The van der Waals surface area contributed by atoms with Gasteiger partial charge in [-0.15, -0.1) is 11.3 Å². The molecule has 0 fully saturated rings. The van der Waals surface area contributed by atoms with Crippen LogP contribution in [0.4, 0.5) is 0 Å². The molecule has 0 unspecified atom stereocenters. The van der Waals surface area contributed by atoms with E-state index < -0.39 is 10.1 Å². The molecule has 116 valence electrons. The van der Waals surface area contributed by atoms with Crippen molar-refractivity contribution in [3.05, 3.63) is 66.3 Å². The van der Waals surface area contributed by atoms with Crippen molar-refractivity contribution in [1.82, 2.24) is 9.97 Å². The fourth-order valence-corrected chi connectivity index (χ4v) is 3.21. The van der Waals surface area contributed by atoms with Gasteiger partial charge >= 0.3 is 0 Å². The van der Waals surface area contributed by atoms with Crippen molar-refractivity contribution >= 4 is 42.6 Å². The van der Waals surface area contributed by atoms with Gasteiger partial charge in [-0.05, 0) is 36.4 Å². The Labute approximate surface area is 137 Å². The van der Waals surface area contributed by atoms with Crippen LogP contribution in [0.2, 0.25) is 0 Å². The van der Waals surface area contributed by atoms with Gasteiger partial charge in [0.1, 0.15) is 0 Å². The number of aromatic nitrogens is 2. The average molecular weight is 344 g/mol. The zero-order valence-corrected chi connectivity index (χ0v) is 13.5. The smallest absolute Gasteiger partial charge is 0.282 e. The van der Waals surface area contributed by atoms with E-state index in [2.05, 4.69) is 16.0 Å². The minimum absolute atomic E-state index is 0.113. The van der Waals surface area contributed by atoms with Crippen LogP contribution in [-0.2, 0) is 10.1 Å². The van der Waals surface area contributed by atoms with E-state index in [0.717, 1.165) is 5.52 Å². The van der Waals surface area contributed by atoms with Gasteiger partial charge in [-0.25, -0.2) is 4.98 Å². The standard InChI is InChI=1S/C9H7NO3S.C7H5NS/c11-14(12,13)8-3-4-9-7(6-8)2-1-5-10-9;1-2-4-7-6(3-1)8-5-9-7/h1-6H,(H,11,12,13);1-5H. The lowest BCUT2D eigenvalue weighted by Crippen LogP contribution is -1.97. The van der Waals surface area contributed by atoms with E-state index in [1.165, 1.54) is 16.8 Å². The summed E-state index contributed by atoms with van der Waals surface area (Å²) in [4.78, 5) is 8.05. The molecule has 4 rings (SSSR count). The highest BCUT2D eigenvalue weighted by Crippen LogP contribution is 2.17. The quantitative estimate of drug-likeness (QED) is 0.532. The third kappa shape index (κ3) is 3.70. The number of thiazole rings is 1. The summed E-state index contributed by atoms with van der Waals surface area (Å²) < 4.78 is 31.7. The first-order valence-electron chi connectivity index (χ1n) is 6.64. The Kier molecular flexibility index (Phi) is 4.33. The monoisotopic (exact) mass is 344 g/mol. The molecule has 2 heterocycles. The minimum atomic E-state index is -4.12. The highest BCUT2D eigenvalue weighted by molar-refractivity contribution is 7.85. The molecule has 0 radical (unpaired) electrons. The maximum absolute atomic E-state index is 10.8. The van der Waals surface area contributed by atoms with Crippen LogP contribution in [0, 0.1) is 0 Å². The van der Waals surface area contributed by atoms with Crippen LogP contribution in [-0.4, -0.2) is 22.9 Å². The fourth-order valence-electron chi connectivity index (χ4n) is 2.02. The number of para-hydroxylation sites is 1. The molecule has 4 aromatic rings. The molecular weight excluding hydrogens is 332 g/mol. The number of benzene rings is 2. The second-order valence-electron chi connectivity index (χ2n) is 4.65. The first-order valence-corrected chi connectivity index (χ1v) is 8.96. The lowest BCUT2D eigenvalue weighted by Gasteiger charge is -1.99. The Morgan fingerprint density at radius 2 is 1.74 bits per heavy atom. The van der Waals surface area contributed by atoms with Crippen LogP contribution < -0.4 is 0 Å². The van der Waals surface area contributed by atoms with Crippen molar-refractivity contribution in [3.8, 4) is 0 Å². The molecule has 7 heteroatoms. The molecular formula is C16H12N2O3S2. The fraction of sp³-hybridized carbons (Fsp3) is 0. The Morgan fingerprint density at radius 3 is 2.52 bits per heavy atom. The average Bonchev–Trinajstić information content (AvgIpc) is 3.03. The summed E-state index contributed by atoms with van der Waals surface area (Å²) >= 11 is 1.68. The Balaban J connectivity index is 0.000000149. The molecule has 0 aliphatic rings. The van der Waals surface area contributed by atoms with E-state index in [9.17, 15) is 8.42 Å². The highest BCUT2D eigenvalue weighted by Gasteiger charge is 2.09. The third-order valence-electron chi connectivity index (χ3n) is 3.11. The van der Waals surface area contributed by atoms with Gasteiger partial charge in [0.05, 0.1) is 26.1 Å². The van der Waals surface area contributed by atoms with Crippen molar-refractivity contribution in [3.63, 3.8) is 0 Å². The van der Waals surface area contributed by atoms with Crippen LogP contribution in [0.3, 0.4) is 0 Å². The van der Waals surface area contributed by atoms with Crippen LogP contribution in [0.1, 0.15) is 0 Å². The van der Waals surface area contributed by atoms with E-state index >= 15 is 0 Å². The second kappa shape index (κ2) is 6.41. The van der Waals surface area contributed by atoms with Crippen molar-refractivity contribution in [2.75, 3.05) is 0 Å². The Morgan fingerprint density at radius 1 is 0.913 bits per heavy atom. The van der Waals surface area contributed by atoms with Gasteiger partial charge in [0, 0.05) is 11.6 Å². The van der Waals surface area contributed by atoms with Crippen LogP contribution in [0.5, 0.6) is 0 Å². The third-order valence-corrected chi connectivity index (χ3v) is 4.77. The number of nitrogens with zero attached hydrogens (tertiary/aromatic N) is 2. The van der Waals surface area contributed by atoms with Gasteiger partial charge in [-0.1, -0.05) is 18.2 Å². The first kappa shape index (κ1) is 15.5. The second-order valence-corrected chi connectivity index (χ2v) is 6.96. The van der Waals surface area contributed by atoms with Gasteiger partial charge in [0.25, 0.3) is 10.1 Å². The summed E-state index contributed by atoms with van der Waals surface area (Å²) in [5.74, 6) is 0. The van der Waals surface area contributed by atoms with Crippen LogP contribution in [0.15, 0.2) is 71.2 Å². The molecule has 0 amide bonds. The van der Waals surface area contributed by atoms with Gasteiger partial charge in [0.2, 0.25) is 0 Å². The van der Waals surface area contributed by atoms with E-state index in [0.29, 0.717) is 10.9 Å². The topological polar surface area (TPSA) is 80.2 Å². The maximum atomic E-state index is 10.8. The molecule has 0 aliphatic heterocycles. The molecule has 5 nitrogen and oxygen atoms in total. The zero-order chi connectivity index (χ0) is 16.3. The number of hydrogen-bond acceptors (Lipinski definition) is 5. The lowest BCUT2D eigenvalue weighted by molar-refractivity contribution is 0.483. The number of rotatable bonds is 1. The molecule has 0 bridgehead atoms. The SMILES string of the molecule is O=S(=O)(O)c1ccc2ncccc2c1.c1ccc2scnc2c1. The van der Waals surface area contributed by atoms with Crippen LogP contribution >= 0.6 is 11.3 Å². The van der Waals surface area contributed by atoms with Gasteiger partial charge in [0.15, 0.2) is 0 Å². The largest absolute Gasteiger partial charge is 0.294 e. The van der Waals surface area contributed by atoms with Crippen molar-refractivity contribution in [2.45, 2.75) is 4.90 Å². The number of fused-ring (bicyclic) bond motifs is 2. The van der Waals surface area contributed by atoms with E-state index in [-0.39, 0.29) is 4.90 Å². The number of pyridine rings is 1. The molecule has 0 saturated heterocycles. The number of hydrogen-bond donors (Lipinski definition) is 1. The van der Waals surface area contributed by atoms with E-state index in [1.54, 1.807) is 35.7 Å². The summed E-state index contributed by atoms with van der Waals surface area (Å²) in [6.45, 7) is 0. The molecule has 0 saturated carbocycles. The summed E-state index contributed by atoms with van der Waals surface area (Å²) in [6.07, 6.45) is 1.62. The molecule has 1 N–H and O–H groups in total. The molecule has 2 aromatic heterocycles. The summed E-state index contributed by atoms with van der Waals surface area (Å²) in [5.41, 5.74) is 3.66. The summed E-state index contributed by atoms with van der Waals surface area (Å²) in [6, 6.07) is 15.8. The summed E-state index contributed by atoms with van der Waals surface area (Å²) in [5, 5.41) is 0.683. The highest BCUT2D eigenvalue weighted by atomic mass is 32.2. The summed E-state index contributed by atoms with van der Waals surface area (Å²) in [7, 11) is -4.12. The molecule has 23 heavy (non-hydrogen) atoms. The maximum Gasteiger partial charge on any atom is 0.294 e. The predicted molar refractivity (Wildman–Crippen MR) is 91.2 cm³/mol. The Bertz CT molecular complexity index is 1030. The van der Waals surface area contributed by atoms with E-state index in [4.69, 9.17) is 4.55 Å². The van der Waals surface area contributed by atoms with Gasteiger partial charge in [-0.3, -0.25) is 9.54 Å². The zero-order valence-electron chi connectivity index (χ0n) is 11.8. The van der Waals surface area contributed by atoms with Crippen molar-refractivity contribution in [2.24, 2.45) is 0 Å². The van der Waals surface area contributed by atoms with Crippen molar-refractivity contribution in [1.29, 1.82) is 0 Å². The minimum Gasteiger partial charge on any atom is -0.282 e. The predicted octanol–water partition coefficient (Wildman–Crippen LogP) is 3.78. The van der Waals surface area contributed by atoms with Crippen molar-refractivity contribution < 1.29 is 13.0 Å². The molecule has 2 aromatic carbocycles. The van der Waals surface area contributed by atoms with E-state index in [1.807, 2.05) is 23.7 Å².